The number of rotatable bonds is 8. The van der Waals surface area contributed by atoms with E-state index in [0.29, 0.717) is 17.9 Å². The SMILES string of the molecule is CCCCOC(=O)c1ccc(NC(=O)C(N)COC)cc1. The van der Waals surface area contributed by atoms with Gasteiger partial charge in [-0.1, -0.05) is 13.3 Å². The van der Waals surface area contributed by atoms with E-state index in [0.717, 1.165) is 12.8 Å². The molecular weight excluding hydrogens is 272 g/mol. The minimum atomic E-state index is -0.728. The molecular formula is C15H22N2O4. The van der Waals surface area contributed by atoms with Crippen LogP contribution in [0.15, 0.2) is 24.3 Å². The maximum atomic E-state index is 11.7. The summed E-state index contributed by atoms with van der Waals surface area (Å²) in [7, 11) is 1.48. The van der Waals surface area contributed by atoms with Crippen LogP contribution in [0, 0.1) is 0 Å². The van der Waals surface area contributed by atoms with Gasteiger partial charge in [0.25, 0.3) is 0 Å². The lowest BCUT2D eigenvalue weighted by molar-refractivity contribution is -0.118. The number of benzene rings is 1. The molecule has 0 aliphatic rings. The van der Waals surface area contributed by atoms with E-state index in [1.165, 1.54) is 7.11 Å². The highest BCUT2D eigenvalue weighted by atomic mass is 16.5. The molecule has 0 radical (unpaired) electrons. The molecule has 0 aromatic heterocycles. The summed E-state index contributed by atoms with van der Waals surface area (Å²) in [5, 5.41) is 2.65. The van der Waals surface area contributed by atoms with Gasteiger partial charge in [-0.05, 0) is 30.7 Å². The van der Waals surface area contributed by atoms with Crippen LogP contribution in [-0.2, 0) is 14.3 Å². The first-order chi connectivity index (χ1) is 10.1. The quantitative estimate of drug-likeness (QED) is 0.561. The molecule has 6 heteroatoms. The van der Waals surface area contributed by atoms with Crippen LogP contribution in [0.3, 0.4) is 0 Å². The van der Waals surface area contributed by atoms with E-state index in [2.05, 4.69) is 5.32 Å². The van der Waals surface area contributed by atoms with Crippen molar-refractivity contribution in [2.45, 2.75) is 25.8 Å². The van der Waals surface area contributed by atoms with Crippen molar-refractivity contribution in [1.82, 2.24) is 0 Å². The van der Waals surface area contributed by atoms with Gasteiger partial charge in [0.2, 0.25) is 5.91 Å². The second kappa shape index (κ2) is 9.10. The van der Waals surface area contributed by atoms with Crippen molar-refractivity contribution in [2.24, 2.45) is 5.73 Å². The molecule has 0 heterocycles. The lowest BCUT2D eigenvalue weighted by Gasteiger charge is -2.11. The van der Waals surface area contributed by atoms with Crippen LogP contribution in [0.2, 0.25) is 0 Å². The first-order valence-corrected chi connectivity index (χ1v) is 6.91. The molecule has 116 valence electrons. The van der Waals surface area contributed by atoms with Gasteiger partial charge in [-0.3, -0.25) is 4.79 Å². The minimum absolute atomic E-state index is 0.146. The Labute approximate surface area is 124 Å². The number of methoxy groups -OCH3 is 1. The molecule has 0 aliphatic carbocycles. The summed E-state index contributed by atoms with van der Waals surface area (Å²) < 4.78 is 9.91. The zero-order valence-electron chi connectivity index (χ0n) is 12.4. The van der Waals surface area contributed by atoms with Crippen LogP contribution in [0.25, 0.3) is 0 Å². The predicted octanol–water partition coefficient (Wildman–Crippen LogP) is 1.56. The Morgan fingerprint density at radius 2 is 1.95 bits per heavy atom. The standard InChI is InChI=1S/C15H22N2O4/c1-3-4-9-21-15(19)11-5-7-12(8-6-11)17-14(18)13(16)10-20-2/h5-8,13H,3-4,9-10,16H2,1-2H3,(H,17,18). The van der Waals surface area contributed by atoms with Gasteiger partial charge >= 0.3 is 5.97 Å². The van der Waals surface area contributed by atoms with Crippen molar-refractivity contribution in [1.29, 1.82) is 0 Å². The van der Waals surface area contributed by atoms with Crippen molar-refractivity contribution >= 4 is 17.6 Å². The summed E-state index contributed by atoms with van der Waals surface area (Å²) >= 11 is 0. The zero-order valence-corrected chi connectivity index (χ0v) is 12.4. The van der Waals surface area contributed by atoms with Crippen molar-refractivity contribution in [3.63, 3.8) is 0 Å². The van der Waals surface area contributed by atoms with Crippen molar-refractivity contribution in [3.05, 3.63) is 29.8 Å². The maximum Gasteiger partial charge on any atom is 0.338 e. The van der Waals surface area contributed by atoms with Gasteiger partial charge in [-0.15, -0.1) is 0 Å². The molecule has 1 unspecified atom stereocenters. The predicted molar refractivity (Wildman–Crippen MR) is 80.1 cm³/mol. The van der Waals surface area contributed by atoms with Gasteiger partial charge in [0, 0.05) is 12.8 Å². The molecule has 0 saturated carbocycles. The molecule has 1 rings (SSSR count). The Kier molecular flexibility index (Phi) is 7.42. The Balaban J connectivity index is 2.53. The third-order valence-corrected chi connectivity index (χ3v) is 2.80. The van der Waals surface area contributed by atoms with Crippen LogP contribution >= 0.6 is 0 Å². The number of ether oxygens (including phenoxy) is 2. The average Bonchev–Trinajstić information content (AvgIpc) is 2.48. The first-order valence-electron chi connectivity index (χ1n) is 6.91. The maximum absolute atomic E-state index is 11.7. The van der Waals surface area contributed by atoms with Crippen molar-refractivity contribution in [2.75, 3.05) is 25.6 Å². The van der Waals surface area contributed by atoms with Crippen molar-refractivity contribution in [3.8, 4) is 0 Å². The molecule has 0 fully saturated rings. The summed E-state index contributed by atoms with van der Waals surface area (Å²) in [6.45, 7) is 2.59. The molecule has 1 atom stereocenters. The minimum Gasteiger partial charge on any atom is -0.462 e. The highest BCUT2D eigenvalue weighted by Gasteiger charge is 2.13. The zero-order chi connectivity index (χ0) is 15.7. The van der Waals surface area contributed by atoms with E-state index in [9.17, 15) is 9.59 Å². The van der Waals surface area contributed by atoms with E-state index in [-0.39, 0.29) is 18.5 Å². The van der Waals surface area contributed by atoms with E-state index in [1.54, 1.807) is 24.3 Å². The van der Waals surface area contributed by atoms with Crippen LogP contribution in [0.1, 0.15) is 30.1 Å². The average molecular weight is 294 g/mol. The monoisotopic (exact) mass is 294 g/mol. The summed E-state index contributed by atoms with van der Waals surface area (Å²) in [6.07, 6.45) is 1.82. The number of hydrogen-bond acceptors (Lipinski definition) is 5. The summed E-state index contributed by atoms with van der Waals surface area (Å²) in [5.41, 5.74) is 6.63. The van der Waals surface area contributed by atoms with E-state index in [1.807, 2.05) is 6.92 Å². The smallest absolute Gasteiger partial charge is 0.338 e. The molecule has 3 N–H and O–H groups in total. The topological polar surface area (TPSA) is 90.7 Å². The Bertz CT molecular complexity index is 459. The second-order valence-corrected chi connectivity index (χ2v) is 4.62. The summed E-state index contributed by atoms with van der Waals surface area (Å²) in [6, 6.07) is 5.74. The number of unbranched alkanes of at least 4 members (excludes halogenated alkanes) is 1. The molecule has 0 saturated heterocycles. The molecule has 0 spiro atoms. The molecule has 1 amide bonds. The summed E-state index contributed by atoms with van der Waals surface area (Å²) in [4.78, 5) is 23.4. The molecule has 1 aromatic carbocycles. The van der Waals surface area contributed by atoms with Crippen molar-refractivity contribution < 1.29 is 19.1 Å². The lowest BCUT2D eigenvalue weighted by Crippen LogP contribution is -2.39. The number of esters is 1. The van der Waals surface area contributed by atoms with Gasteiger partial charge < -0.3 is 20.5 Å². The van der Waals surface area contributed by atoms with Gasteiger partial charge in [0.1, 0.15) is 6.04 Å². The molecule has 0 bridgehead atoms. The number of hydrogen-bond donors (Lipinski definition) is 2. The fourth-order valence-corrected chi connectivity index (χ4v) is 1.57. The highest BCUT2D eigenvalue weighted by Crippen LogP contribution is 2.11. The van der Waals surface area contributed by atoms with Crippen LogP contribution in [0.5, 0.6) is 0 Å². The first kappa shape index (κ1) is 17.1. The number of nitrogens with one attached hydrogen (secondary N) is 1. The van der Waals surface area contributed by atoms with Crippen LogP contribution in [0.4, 0.5) is 5.69 Å². The number of carbonyl (C=O) groups excluding carboxylic acids is 2. The van der Waals surface area contributed by atoms with Crippen LogP contribution < -0.4 is 11.1 Å². The number of carbonyl (C=O) groups is 2. The number of amides is 1. The number of anilines is 1. The van der Waals surface area contributed by atoms with Crippen LogP contribution in [-0.4, -0.2) is 38.2 Å². The Morgan fingerprint density at radius 1 is 1.29 bits per heavy atom. The number of nitrogens with two attached hydrogens (primary N) is 1. The fraction of sp³-hybridized carbons (Fsp3) is 0.467. The largest absolute Gasteiger partial charge is 0.462 e. The van der Waals surface area contributed by atoms with Gasteiger partial charge in [0.15, 0.2) is 0 Å². The fourth-order valence-electron chi connectivity index (χ4n) is 1.57. The Hall–Kier alpha value is -1.92. The van der Waals surface area contributed by atoms with Gasteiger partial charge in [-0.2, -0.15) is 0 Å². The second-order valence-electron chi connectivity index (χ2n) is 4.62. The third-order valence-electron chi connectivity index (χ3n) is 2.80. The van der Waals surface area contributed by atoms with Gasteiger partial charge in [-0.25, -0.2) is 4.79 Å². The highest BCUT2D eigenvalue weighted by molar-refractivity contribution is 5.95. The molecule has 6 nitrogen and oxygen atoms in total. The van der Waals surface area contributed by atoms with E-state index in [4.69, 9.17) is 15.2 Å². The molecule has 0 aliphatic heterocycles. The molecule has 21 heavy (non-hydrogen) atoms. The third kappa shape index (κ3) is 5.93. The van der Waals surface area contributed by atoms with E-state index < -0.39 is 6.04 Å². The molecule has 1 aromatic rings. The Morgan fingerprint density at radius 3 is 2.52 bits per heavy atom. The summed E-state index contributed by atoms with van der Waals surface area (Å²) in [5.74, 6) is -0.701. The lowest BCUT2D eigenvalue weighted by atomic mass is 10.2. The van der Waals surface area contributed by atoms with E-state index >= 15 is 0 Å². The normalized spacial score (nSPS) is 11.8. The van der Waals surface area contributed by atoms with Gasteiger partial charge in [0.05, 0.1) is 18.8 Å².